The van der Waals surface area contributed by atoms with Crippen molar-refractivity contribution < 1.29 is 13.3 Å². The Bertz CT molecular complexity index is 1040. The van der Waals surface area contributed by atoms with Crippen molar-refractivity contribution in [2.24, 2.45) is 0 Å². The fourth-order valence-electron chi connectivity index (χ4n) is 2.21. The summed E-state index contributed by atoms with van der Waals surface area (Å²) in [6.45, 7) is 0.0624. The van der Waals surface area contributed by atoms with Gasteiger partial charge in [-0.3, -0.25) is 9.36 Å². The molecule has 0 bridgehead atoms. The van der Waals surface area contributed by atoms with Crippen molar-refractivity contribution in [2.75, 3.05) is 0 Å². The van der Waals surface area contributed by atoms with Gasteiger partial charge in [-0.2, -0.15) is 4.98 Å². The second-order valence-electron chi connectivity index (χ2n) is 4.83. The molecule has 114 valence electrons. The zero-order valence-corrected chi connectivity index (χ0v) is 11.6. The van der Waals surface area contributed by atoms with E-state index < -0.39 is 5.82 Å². The van der Waals surface area contributed by atoms with E-state index in [1.165, 1.54) is 35.4 Å². The summed E-state index contributed by atoms with van der Waals surface area (Å²) in [5, 5.41) is 4.11. The molecular formula is C15H9FN4O3. The normalized spacial score (nSPS) is 11.2. The second-order valence-corrected chi connectivity index (χ2v) is 4.83. The molecule has 0 amide bonds. The Morgan fingerprint density at radius 1 is 1.26 bits per heavy atom. The van der Waals surface area contributed by atoms with Crippen LogP contribution in [-0.2, 0) is 6.54 Å². The van der Waals surface area contributed by atoms with Crippen LogP contribution < -0.4 is 5.56 Å². The van der Waals surface area contributed by atoms with Crippen molar-refractivity contribution in [2.45, 2.75) is 6.54 Å². The SMILES string of the molecule is O=c1c2ccc(F)cc2ncn1Cc1nc(-c2ccco2)no1. The Hall–Kier alpha value is -3.29. The quantitative estimate of drug-likeness (QED) is 0.576. The summed E-state index contributed by atoms with van der Waals surface area (Å²) in [7, 11) is 0. The Morgan fingerprint density at radius 3 is 3.00 bits per heavy atom. The van der Waals surface area contributed by atoms with Crippen LogP contribution in [0.4, 0.5) is 4.39 Å². The predicted octanol–water partition coefficient (Wildman–Crippen LogP) is 2.23. The van der Waals surface area contributed by atoms with E-state index in [1.807, 2.05) is 0 Å². The number of nitrogens with zero attached hydrogens (tertiary/aromatic N) is 4. The second kappa shape index (κ2) is 5.16. The van der Waals surface area contributed by atoms with Gasteiger partial charge in [0.05, 0.1) is 23.5 Å². The zero-order chi connectivity index (χ0) is 15.8. The van der Waals surface area contributed by atoms with Gasteiger partial charge in [-0.25, -0.2) is 9.37 Å². The Morgan fingerprint density at radius 2 is 2.17 bits per heavy atom. The minimum absolute atomic E-state index is 0.0624. The maximum atomic E-state index is 13.2. The first kappa shape index (κ1) is 13.4. The molecule has 0 radical (unpaired) electrons. The number of benzene rings is 1. The molecule has 3 heterocycles. The molecule has 0 saturated heterocycles. The average molecular weight is 312 g/mol. The number of aromatic nitrogens is 4. The summed E-state index contributed by atoms with van der Waals surface area (Å²) in [5.74, 6) is 0.567. The lowest BCUT2D eigenvalue weighted by molar-refractivity contribution is 0.368. The lowest BCUT2D eigenvalue weighted by Gasteiger charge is -2.03. The van der Waals surface area contributed by atoms with Crippen LogP contribution in [0.15, 0.2) is 56.7 Å². The van der Waals surface area contributed by atoms with Crippen molar-refractivity contribution in [1.82, 2.24) is 19.7 Å². The first-order chi connectivity index (χ1) is 11.2. The Balaban J connectivity index is 1.69. The molecule has 0 atom stereocenters. The Labute approximate surface area is 128 Å². The molecule has 0 unspecified atom stereocenters. The summed E-state index contributed by atoms with van der Waals surface area (Å²) < 4.78 is 24.8. The van der Waals surface area contributed by atoms with Crippen LogP contribution in [0.3, 0.4) is 0 Å². The molecule has 0 aliphatic heterocycles. The van der Waals surface area contributed by atoms with E-state index in [9.17, 15) is 9.18 Å². The third kappa shape index (κ3) is 2.39. The van der Waals surface area contributed by atoms with Gasteiger partial charge < -0.3 is 8.94 Å². The molecule has 3 aromatic heterocycles. The molecule has 0 saturated carbocycles. The summed E-state index contributed by atoms with van der Waals surface area (Å²) in [5.41, 5.74) is -0.0131. The molecule has 7 nitrogen and oxygen atoms in total. The number of halogens is 1. The maximum Gasteiger partial charge on any atom is 0.261 e. The summed E-state index contributed by atoms with van der Waals surface area (Å²) in [6.07, 6.45) is 2.82. The number of hydrogen-bond donors (Lipinski definition) is 0. The van der Waals surface area contributed by atoms with Crippen LogP contribution in [0.25, 0.3) is 22.5 Å². The molecule has 4 rings (SSSR count). The standard InChI is InChI=1S/C15H9FN4O3/c16-9-3-4-10-11(6-9)17-8-20(15(10)21)7-13-18-14(19-23-13)12-2-1-5-22-12/h1-6,8H,7H2. The smallest absolute Gasteiger partial charge is 0.261 e. The van der Waals surface area contributed by atoms with Gasteiger partial charge >= 0.3 is 0 Å². The van der Waals surface area contributed by atoms with Gasteiger partial charge in [0.2, 0.25) is 11.7 Å². The topological polar surface area (TPSA) is 87.0 Å². The maximum absolute atomic E-state index is 13.2. The van der Waals surface area contributed by atoms with E-state index in [0.29, 0.717) is 22.5 Å². The van der Waals surface area contributed by atoms with Crippen LogP contribution in [-0.4, -0.2) is 19.7 Å². The molecule has 0 aliphatic rings. The van der Waals surface area contributed by atoms with Crippen LogP contribution in [0.5, 0.6) is 0 Å². The van der Waals surface area contributed by atoms with E-state index in [4.69, 9.17) is 8.94 Å². The summed E-state index contributed by atoms with van der Waals surface area (Å²) in [6, 6.07) is 7.24. The monoisotopic (exact) mass is 312 g/mol. The van der Waals surface area contributed by atoms with Crippen LogP contribution in [0.1, 0.15) is 5.89 Å². The highest BCUT2D eigenvalue weighted by atomic mass is 19.1. The molecule has 8 heteroatoms. The van der Waals surface area contributed by atoms with Crippen molar-refractivity contribution >= 4 is 10.9 Å². The number of hydrogen-bond acceptors (Lipinski definition) is 6. The Kier molecular flexibility index (Phi) is 3.00. The van der Waals surface area contributed by atoms with Gasteiger partial charge in [-0.05, 0) is 24.3 Å². The van der Waals surface area contributed by atoms with E-state index in [1.54, 1.807) is 12.1 Å². The lowest BCUT2D eigenvalue weighted by atomic mass is 10.2. The predicted molar refractivity (Wildman–Crippen MR) is 77.1 cm³/mol. The molecular weight excluding hydrogens is 303 g/mol. The van der Waals surface area contributed by atoms with E-state index in [0.717, 1.165) is 0 Å². The van der Waals surface area contributed by atoms with E-state index >= 15 is 0 Å². The minimum atomic E-state index is -0.442. The third-order valence-electron chi connectivity index (χ3n) is 3.30. The van der Waals surface area contributed by atoms with Gasteiger partial charge in [0.25, 0.3) is 5.56 Å². The number of fused-ring (bicyclic) bond motifs is 1. The molecule has 23 heavy (non-hydrogen) atoms. The first-order valence-corrected chi connectivity index (χ1v) is 6.72. The third-order valence-corrected chi connectivity index (χ3v) is 3.30. The molecule has 0 aliphatic carbocycles. The van der Waals surface area contributed by atoms with E-state index in [-0.39, 0.29) is 18.0 Å². The largest absolute Gasteiger partial charge is 0.461 e. The highest BCUT2D eigenvalue weighted by molar-refractivity contribution is 5.77. The summed E-state index contributed by atoms with van der Waals surface area (Å²) >= 11 is 0. The average Bonchev–Trinajstić information content (AvgIpc) is 3.21. The van der Waals surface area contributed by atoms with Crippen LogP contribution in [0, 0.1) is 5.82 Å². The fraction of sp³-hybridized carbons (Fsp3) is 0.0667. The first-order valence-electron chi connectivity index (χ1n) is 6.72. The van der Waals surface area contributed by atoms with Crippen molar-refractivity contribution in [3.8, 4) is 11.6 Å². The van der Waals surface area contributed by atoms with E-state index in [2.05, 4.69) is 15.1 Å². The molecule has 0 N–H and O–H groups in total. The van der Waals surface area contributed by atoms with Crippen molar-refractivity contribution in [3.05, 3.63) is 65.0 Å². The zero-order valence-electron chi connectivity index (χ0n) is 11.6. The van der Waals surface area contributed by atoms with Gasteiger partial charge in [0.1, 0.15) is 12.4 Å². The number of furan rings is 1. The van der Waals surface area contributed by atoms with Crippen molar-refractivity contribution in [3.63, 3.8) is 0 Å². The highest BCUT2D eigenvalue weighted by Crippen LogP contribution is 2.16. The highest BCUT2D eigenvalue weighted by Gasteiger charge is 2.13. The van der Waals surface area contributed by atoms with Gasteiger partial charge in [-0.1, -0.05) is 5.16 Å². The minimum Gasteiger partial charge on any atom is -0.461 e. The van der Waals surface area contributed by atoms with Crippen LogP contribution >= 0.6 is 0 Å². The lowest BCUT2D eigenvalue weighted by Crippen LogP contribution is -2.21. The van der Waals surface area contributed by atoms with Gasteiger partial charge in [-0.15, -0.1) is 0 Å². The number of rotatable bonds is 3. The van der Waals surface area contributed by atoms with Gasteiger partial charge in [0.15, 0.2) is 5.76 Å². The molecule has 1 aromatic carbocycles. The molecule has 0 spiro atoms. The van der Waals surface area contributed by atoms with Gasteiger partial charge in [0, 0.05) is 6.07 Å². The van der Waals surface area contributed by atoms with Crippen LogP contribution in [0.2, 0.25) is 0 Å². The molecule has 0 fully saturated rings. The van der Waals surface area contributed by atoms with Crippen molar-refractivity contribution in [1.29, 1.82) is 0 Å². The molecule has 4 aromatic rings. The summed E-state index contributed by atoms with van der Waals surface area (Å²) in [4.78, 5) is 20.6. The fourth-order valence-corrected chi connectivity index (χ4v) is 2.21.